The molecular formula is C20H21N3O4. The highest BCUT2D eigenvalue weighted by atomic mass is 16.6. The molecule has 2 amide bonds. The second-order valence-corrected chi connectivity index (χ2v) is 6.10. The van der Waals surface area contributed by atoms with Crippen LogP contribution in [0.1, 0.15) is 16.8 Å². The van der Waals surface area contributed by atoms with Gasteiger partial charge in [-0.2, -0.15) is 0 Å². The van der Waals surface area contributed by atoms with Gasteiger partial charge in [-0.15, -0.1) is 0 Å². The van der Waals surface area contributed by atoms with Gasteiger partial charge in [-0.3, -0.25) is 9.59 Å². The molecule has 7 heteroatoms. The lowest BCUT2D eigenvalue weighted by molar-refractivity contribution is -0.120. The van der Waals surface area contributed by atoms with Crippen molar-refractivity contribution >= 4 is 17.5 Å². The molecule has 1 fully saturated rings. The molecule has 1 aliphatic rings. The van der Waals surface area contributed by atoms with Crippen LogP contribution in [0.15, 0.2) is 53.7 Å². The molecule has 140 valence electrons. The van der Waals surface area contributed by atoms with Crippen molar-refractivity contribution in [3.8, 4) is 16.9 Å². The van der Waals surface area contributed by atoms with Crippen molar-refractivity contribution < 1.29 is 19.2 Å². The van der Waals surface area contributed by atoms with Crippen LogP contribution in [0.25, 0.3) is 11.1 Å². The molecule has 7 nitrogen and oxygen atoms in total. The fraction of sp³-hybridized carbons (Fsp3) is 0.250. The highest BCUT2D eigenvalue weighted by molar-refractivity contribution is 6.13. The summed E-state index contributed by atoms with van der Waals surface area (Å²) in [6.07, 6.45) is 0.451. The summed E-state index contributed by atoms with van der Waals surface area (Å²) in [6.45, 7) is 0.364. The van der Waals surface area contributed by atoms with Crippen LogP contribution < -0.4 is 10.5 Å². The smallest absolute Gasteiger partial charge is 0.254 e. The Labute approximate surface area is 157 Å². The van der Waals surface area contributed by atoms with Crippen LogP contribution in [-0.2, 0) is 9.63 Å². The zero-order valence-electron chi connectivity index (χ0n) is 15.2. The van der Waals surface area contributed by atoms with Gasteiger partial charge >= 0.3 is 0 Å². The molecule has 2 aromatic rings. The molecule has 0 saturated carbocycles. The molecule has 2 aromatic carbocycles. The summed E-state index contributed by atoms with van der Waals surface area (Å²) in [5.74, 6) is -0.140. The average molecular weight is 367 g/mol. The Bertz CT molecular complexity index is 877. The van der Waals surface area contributed by atoms with E-state index < -0.39 is 11.9 Å². The molecule has 1 unspecified atom stereocenters. The largest absolute Gasteiger partial charge is 0.496 e. The first kappa shape index (κ1) is 18.4. The number of benzene rings is 2. The van der Waals surface area contributed by atoms with Crippen LogP contribution in [0.3, 0.4) is 0 Å². The maximum atomic E-state index is 12.9. The van der Waals surface area contributed by atoms with Crippen molar-refractivity contribution in [1.29, 1.82) is 0 Å². The normalized spacial score (nSPS) is 17.8. The molecule has 1 saturated heterocycles. The molecule has 0 spiro atoms. The SMILES string of the molecule is CO/N=C1/CCN(C(=O)c2ccc(-c3ccccc3OC)cc2)C1C(N)=O. The summed E-state index contributed by atoms with van der Waals surface area (Å²) < 4.78 is 5.38. The second kappa shape index (κ2) is 7.90. The summed E-state index contributed by atoms with van der Waals surface area (Å²) in [5, 5.41) is 3.83. The van der Waals surface area contributed by atoms with E-state index in [0.717, 1.165) is 16.9 Å². The van der Waals surface area contributed by atoms with Gasteiger partial charge in [0.1, 0.15) is 12.9 Å². The number of para-hydroxylation sites is 1. The molecule has 0 radical (unpaired) electrons. The lowest BCUT2D eigenvalue weighted by Gasteiger charge is -2.22. The predicted octanol–water partition coefficient (Wildman–Crippen LogP) is 2.06. The fourth-order valence-electron chi connectivity index (χ4n) is 3.27. The van der Waals surface area contributed by atoms with E-state index in [1.807, 2.05) is 36.4 Å². The van der Waals surface area contributed by atoms with E-state index in [1.165, 1.54) is 12.0 Å². The third-order valence-corrected chi connectivity index (χ3v) is 4.52. The number of ether oxygens (including phenoxy) is 1. The first-order chi connectivity index (χ1) is 13.1. The minimum absolute atomic E-state index is 0.272. The number of hydrogen-bond donors (Lipinski definition) is 1. The zero-order chi connectivity index (χ0) is 19.4. The second-order valence-electron chi connectivity index (χ2n) is 6.10. The summed E-state index contributed by atoms with van der Waals surface area (Å²) in [6, 6.07) is 13.9. The van der Waals surface area contributed by atoms with Gasteiger partial charge in [0.15, 0.2) is 6.04 Å². The third kappa shape index (κ3) is 3.62. The Hall–Kier alpha value is -3.35. The van der Waals surface area contributed by atoms with Gasteiger partial charge in [-0.25, -0.2) is 0 Å². The molecule has 27 heavy (non-hydrogen) atoms. The molecule has 2 N–H and O–H groups in total. The Kier molecular flexibility index (Phi) is 5.40. The molecule has 3 rings (SSSR count). The van der Waals surface area contributed by atoms with Gasteiger partial charge < -0.3 is 20.2 Å². The van der Waals surface area contributed by atoms with Gasteiger partial charge in [0.2, 0.25) is 5.91 Å². The van der Waals surface area contributed by atoms with Gasteiger partial charge in [0, 0.05) is 24.1 Å². The molecular weight excluding hydrogens is 346 g/mol. The van der Waals surface area contributed by atoms with E-state index >= 15 is 0 Å². The molecule has 1 aliphatic heterocycles. The summed E-state index contributed by atoms with van der Waals surface area (Å²) in [5.41, 5.74) is 8.27. The Balaban J connectivity index is 1.86. The number of primary amides is 1. The van der Waals surface area contributed by atoms with E-state index in [9.17, 15) is 9.59 Å². The van der Waals surface area contributed by atoms with Crippen molar-refractivity contribution in [1.82, 2.24) is 4.90 Å². The number of nitrogens with zero attached hydrogens (tertiary/aromatic N) is 2. The van der Waals surface area contributed by atoms with Crippen molar-refractivity contribution in [3.05, 3.63) is 54.1 Å². The highest BCUT2D eigenvalue weighted by Crippen LogP contribution is 2.30. The number of carbonyl (C=O) groups excluding carboxylic acids is 2. The van der Waals surface area contributed by atoms with Crippen LogP contribution in [-0.4, -0.2) is 49.2 Å². The number of rotatable bonds is 5. The molecule has 1 heterocycles. The predicted molar refractivity (Wildman–Crippen MR) is 102 cm³/mol. The number of oxime groups is 1. The summed E-state index contributed by atoms with van der Waals surface area (Å²) >= 11 is 0. The quantitative estimate of drug-likeness (QED) is 0.819. The Morgan fingerprint density at radius 3 is 2.44 bits per heavy atom. The summed E-state index contributed by atoms with van der Waals surface area (Å²) in [7, 11) is 3.01. The number of nitrogens with two attached hydrogens (primary N) is 1. The number of carbonyl (C=O) groups is 2. The van der Waals surface area contributed by atoms with Gasteiger partial charge in [-0.1, -0.05) is 35.5 Å². The zero-order valence-corrected chi connectivity index (χ0v) is 15.2. The minimum atomic E-state index is -0.883. The van der Waals surface area contributed by atoms with E-state index in [0.29, 0.717) is 24.2 Å². The van der Waals surface area contributed by atoms with Crippen LogP contribution >= 0.6 is 0 Å². The molecule has 0 bridgehead atoms. The Morgan fingerprint density at radius 2 is 1.81 bits per heavy atom. The molecule has 0 aromatic heterocycles. The standard InChI is InChI=1S/C20H21N3O4/c1-26-17-6-4-3-5-15(17)13-7-9-14(10-8-13)20(25)23-12-11-16(22-27-2)18(23)19(21)24/h3-10,18H,11-12H2,1-2H3,(H2,21,24)/b22-16-. The maximum absolute atomic E-state index is 12.9. The lowest BCUT2D eigenvalue weighted by atomic mass is 10.0. The van der Waals surface area contributed by atoms with Crippen LogP contribution in [0.4, 0.5) is 0 Å². The highest BCUT2D eigenvalue weighted by Gasteiger charge is 2.39. The van der Waals surface area contributed by atoms with Gasteiger partial charge in [0.05, 0.1) is 12.8 Å². The third-order valence-electron chi connectivity index (χ3n) is 4.52. The van der Waals surface area contributed by atoms with Crippen molar-refractivity contribution in [3.63, 3.8) is 0 Å². The number of amides is 2. The van der Waals surface area contributed by atoms with E-state index in [2.05, 4.69) is 5.16 Å². The Morgan fingerprint density at radius 1 is 1.11 bits per heavy atom. The monoisotopic (exact) mass is 367 g/mol. The topological polar surface area (TPSA) is 94.2 Å². The summed E-state index contributed by atoms with van der Waals surface area (Å²) in [4.78, 5) is 30.9. The minimum Gasteiger partial charge on any atom is -0.496 e. The first-order valence-corrected chi connectivity index (χ1v) is 8.50. The van der Waals surface area contributed by atoms with Crippen molar-refractivity contribution in [2.24, 2.45) is 10.9 Å². The first-order valence-electron chi connectivity index (χ1n) is 8.50. The average Bonchev–Trinajstić information content (AvgIpc) is 3.12. The van der Waals surface area contributed by atoms with Crippen molar-refractivity contribution in [2.45, 2.75) is 12.5 Å². The van der Waals surface area contributed by atoms with Gasteiger partial charge in [0.25, 0.3) is 5.91 Å². The molecule has 0 aliphatic carbocycles. The van der Waals surface area contributed by atoms with Gasteiger partial charge in [-0.05, 0) is 23.8 Å². The van der Waals surface area contributed by atoms with Crippen LogP contribution in [0, 0.1) is 0 Å². The number of methoxy groups -OCH3 is 1. The van der Waals surface area contributed by atoms with Crippen molar-refractivity contribution in [2.75, 3.05) is 20.8 Å². The number of hydrogen-bond acceptors (Lipinski definition) is 5. The van der Waals surface area contributed by atoms with E-state index in [4.69, 9.17) is 15.3 Å². The molecule has 1 atom stereocenters. The fourth-order valence-corrected chi connectivity index (χ4v) is 3.27. The van der Waals surface area contributed by atoms with E-state index in [-0.39, 0.29) is 5.91 Å². The van der Waals surface area contributed by atoms with Crippen LogP contribution in [0.2, 0.25) is 0 Å². The lowest BCUT2D eigenvalue weighted by Crippen LogP contribution is -2.46. The number of likely N-dealkylation sites (tertiary alicyclic amines) is 1. The van der Waals surface area contributed by atoms with Crippen LogP contribution in [0.5, 0.6) is 5.75 Å². The maximum Gasteiger partial charge on any atom is 0.254 e. The van der Waals surface area contributed by atoms with E-state index in [1.54, 1.807) is 19.2 Å².